The van der Waals surface area contributed by atoms with Gasteiger partial charge in [-0.1, -0.05) is 0 Å². The van der Waals surface area contributed by atoms with Crippen molar-refractivity contribution in [3.63, 3.8) is 0 Å². The molecule has 19 heavy (non-hydrogen) atoms. The number of hydrogen-bond acceptors (Lipinski definition) is 7. The number of nitriles is 1. The van der Waals surface area contributed by atoms with Crippen LogP contribution in [0.3, 0.4) is 0 Å². The van der Waals surface area contributed by atoms with Crippen molar-refractivity contribution < 1.29 is 14.5 Å². The van der Waals surface area contributed by atoms with Crippen molar-refractivity contribution >= 4 is 17.4 Å². The number of primary amides is 1. The van der Waals surface area contributed by atoms with E-state index in [1.54, 1.807) is 6.07 Å². The zero-order chi connectivity index (χ0) is 14.3. The average Bonchev–Trinajstić information content (AvgIpc) is 2.37. The predicted molar refractivity (Wildman–Crippen MR) is 64.1 cm³/mol. The molecule has 1 rings (SSSR count). The second-order valence-corrected chi connectivity index (χ2v) is 3.37. The number of pyridine rings is 1. The van der Waals surface area contributed by atoms with E-state index in [0.29, 0.717) is 0 Å². The fourth-order valence-electron chi connectivity index (χ4n) is 1.27. The molecule has 0 radical (unpaired) electrons. The van der Waals surface area contributed by atoms with Crippen LogP contribution < -0.4 is 11.1 Å². The van der Waals surface area contributed by atoms with E-state index < -0.39 is 10.8 Å². The molecular weight excluding hydrogens is 254 g/mol. The maximum Gasteiger partial charge on any atom is 0.328 e. The molecule has 9 nitrogen and oxygen atoms in total. The van der Waals surface area contributed by atoms with Crippen LogP contribution in [-0.4, -0.2) is 35.6 Å². The van der Waals surface area contributed by atoms with E-state index in [1.807, 2.05) is 0 Å². The van der Waals surface area contributed by atoms with Crippen LogP contribution in [0.4, 0.5) is 11.5 Å². The molecule has 100 valence electrons. The van der Waals surface area contributed by atoms with Crippen LogP contribution in [0.1, 0.15) is 5.56 Å². The third-order valence-electron chi connectivity index (χ3n) is 2.01. The van der Waals surface area contributed by atoms with Gasteiger partial charge in [-0.3, -0.25) is 14.9 Å². The first-order chi connectivity index (χ1) is 9.06. The summed E-state index contributed by atoms with van der Waals surface area (Å²) in [6, 6.07) is 2.98. The molecule has 0 unspecified atom stereocenters. The third kappa shape index (κ3) is 4.21. The first-order valence-electron chi connectivity index (χ1n) is 5.19. The molecular formula is C10H11N5O4. The van der Waals surface area contributed by atoms with Crippen LogP contribution in [0.5, 0.6) is 0 Å². The number of carbonyl (C=O) groups is 1. The standard InChI is InChI=1S/C10H11N5O4/c11-5-7-1-2-13-10(9(7)15(17)18)14-3-4-19-6-8(12)16/h1-2H,3-4,6H2,(H2,12,16)(H,13,14). The van der Waals surface area contributed by atoms with Gasteiger partial charge in [-0.05, 0) is 6.07 Å². The summed E-state index contributed by atoms with van der Waals surface area (Å²) >= 11 is 0. The minimum Gasteiger partial charge on any atom is -0.370 e. The van der Waals surface area contributed by atoms with E-state index in [1.165, 1.54) is 12.3 Å². The smallest absolute Gasteiger partial charge is 0.328 e. The van der Waals surface area contributed by atoms with Gasteiger partial charge in [-0.2, -0.15) is 5.26 Å². The highest BCUT2D eigenvalue weighted by atomic mass is 16.6. The molecule has 1 aromatic heterocycles. The lowest BCUT2D eigenvalue weighted by atomic mass is 10.2. The molecule has 3 N–H and O–H groups in total. The molecule has 1 heterocycles. The topological polar surface area (TPSA) is 144 Å². The van der Waals surface area contributed by atoms with Crippen LogP contribution >= 0.6 is 0 Å². The highest BCUT2D eigenvalue weighted by Gasteiger charge is 2.20. The van der Waals surface area contributed by atoms with Crippen LogP contribution in [0.25, 0.3) is 0 Å². The number of rotatable bonds is 7. The zero-order valence-electron chi connectivity index (χ0n) is 9.83. The maximum atomic E-state index is 10.9. The van der Waals surface area contributed by atoms with Crippen LogP contribution in [0.2, 0.25) is 0 Å². The normalized spacial score (nSPS) is 9.63. The summed E-state index contributed by atoms with van der Waals surface area (Å²) in [4.78, 5) is 24.4. The summed E-state index contributed by atoms with van der Waals surface area (Å²) in [5.41, 5.74) is 4.39. The van der Waals surface area contributed by atoms with Gasteiger partial charge >= 0.3 is 5.69 Å². The monoisotopic (exact) mass is 265 g/mol. The van der Waals surface area contributed by atoms with Crippen LogP contribution in [-0.2, 0) is 9.53 Å². The number of nitrogens with one attached hydrogen (secondary N) is 1. The molecule has 1 aromatic rings. The van der Waals surface area contributed by atoms with Crippen LogP contribution in [0, 0.1) is 21.4 Å². The highest BCUT2D eigenvalue weighted by molar-refractivity contribution is 5.75. The summed E-state index contributed by atoms with van der Waals surface area (Å²) in [5.74, 6) is -0.623. The molecule has 0 saturated carbocycles. The first-order valence-corrected chi connectivity index (χ1v) is 5.19. The van der Waals surface area contributed by atoms with Gasteiger partial charge in [0.1, 0.15) is 18.2 Å². The van der Waals surface area contributed by atoms with E-state index in [2.05, 4.69) is 10.3 Å². The Morgan fingerprint density at radius 3 is 3.00 bits per heavy atom. The summed E-state index contributed by atoms with van der Waals surface area (Å²) in [7, 11) is 0. The van der Waals surface area contributed by atoms with Gasteiger partial charge in [0.05, 0.1) is 11.5 Å². The van der Waals surface area contributed by atoms with Crippen LogP contribution in [0.15, 0.2) is 12.3 Å². The summed E-state index contributed by atoms with van der Waals surface area (Å²) < 4.78 is 4.87. The Labute approximate surface area is 108 Å². The average molecular weight is 265 g/mol. The SMILES string of the molecule is N#Cc1ccnc(NCCOCC(N)=O)c1[N+](=O)[O-]. The lowest BCUT2D eigenvalue weighted by Gasteiger charge is -2.06. The quantitative estimate of drug-likeness (QED) is 0.393. The molecule has 0 spiro atoms. The fraction of sp³-hybridized carbons (Fsp3) is 0.300. The summed E-state index contributed by atoms with van der Waals surface area (Å²) in [5, 5.41) is 22.3. The molecule has 0 bridgehead atoms. The Balaban J connectivity index is 2.66. The Morgan fingerprint density at radius 2 is 2.42 bits per heavy atom. The zero-order valence-corrected chi connectivity index (χ0v) is 9.83. The van der Waals surface area contributed by atoms with Crippen molar-refractivity contribution in [1.82, 2.24) is 4.98 Å². The number of nitrogens with zero attached hydrogens (tertiary/aromatic N) is 3. The fourth-order valence-corrected chi connectivity index (χ4v) is 1.27. The number of ether oxygens (including phenoxy) is 1. The van der Waals surface area contributed by atoms with Gasteiger partial charge in [-0.15, -0.1) is 0 Å². The van der Waals surface area contributed by atoms with Crippen molar-refractivity contribution in [1.29, 1.82) is 5.26 Å². The van der Waals surface area contributed by atoms with E-state index in [-0.39, 0.29) is 36.8 Å². The van der Waals surface area contributed by atoms with Gasteiger partial charge in [0.15, 0.2) is 0 Å². The van der Waals surface area contributed by atoms with E-state index in [9.17, 15) is 14.9 Å². The molecule has 0 saturated heterocycles. The molecule has 0 aliphatic rings. The molecule has 0 aliphatic carbocycles. The highest BCUT2D eigenvalue weighted by Crippen LogP contribution is 2.25. The lowest BCUT2D eigenvalue weighted by molar-refractivity contribution is -0.384. The molecule has 0 aliphatic heterocycles. The lowest BCUT2D eigenvalue weighted by Crippen LogP contribution is -2.21. The number of nitrogens with two attached hydrogens (primary N) is 1. The Bertz CT molecular complexity index is 525. The Morgan fingerprint density at radius 1 is 1.68 bits per heavy atom. The molecule has 0 atom stereocenters. The van der Waals surface area contributed by atoms with Crippen molar-refractivity contribution in [2.45, 2.75) is 0 Å². The van der Waals surface area contributed by atoms with Gasteiger partial charge < -0.3 is 15.8 Å². The summed E-state index contributed by atoms with van der Waals surface area (Å²) in [6.45, 7) is 0.0873. The number of aromatic nitrogens is 1. The number of amides is 1. The number of carbonyl (C=O) groups excluding carboxylic acids is 1. The minimum atomic E-state index is -0.682. The minimum absolute atomic E-state index is 0.0216. The Kier molecular flexibility index (Phi) is 5.18. The third-order valence-corrected chi connectivity index (χ3v) is 2.01. The molecule has 1 amide bonds. The van der Waals surface area contributed by atoms with Gasteiger partial charge in [0.2, 0.25) is 11.7 Å². The second-order valence-electron chi connectivity index (χ2n) is 3.37. The molecule has 0 aromatic carbocycles. The van der Waals surface area contributed by atoms with Crippen molar-refractivity contribution in [2.75, 3.05) is 25.1 Å². The second kappa shape index (κ2) is 6.87. The number of hydrogen-bond donors (Lipinski definition) is 2. The van der Waals surface area contributed by atoms with E-state index in [4.69, 9.17) is 15.7 Å². The van der Waals surface area contributed by atoms with Gasteiger partial charge in [0, 0.05) is 12.7 Å². The largest absolute Gasteiger partial charge is 0.370 e. The maximum absolute atomic E-state index is 10.9. The van der Waals surface area contributed by atoms with E-state index in [0.717, 1.165) is 0 Å². The molecule has 0 fully saturated rings. The summed E-state index contributed by atoms with van der Waals surface area (Å²) in [6.07, 6.45) is 1.29. The number of nitro groups is 1. The van der Waals surface area contributed by atoms with Crippen molar-refractivity contribution in [2.24, 2.45) is 5.73 Å². The first kappa shape index (κ1) is 14.3. The van der Waals surface area contributed by atoms with Gasteiger partial charge in [0.25, 0.3) is 0 Å². The predicted octanol–water partition coefficient (Wildman–Crippen LogP) is -0.225. The Hall–Kier alpha value is -2.73. The number of anilines is 1. The van der Waals surface area contributed by atoms with Crippen molar-refractivity contribution in [3.8, 4) is 6.07 Å². The molecule has 9 heteroatoms. The van der Waals surface area contributed by atoms with E-state index >= 15 is 0 Å². The van der Waals surface area contributed by atoms with Crippen molar-refractivity contribution in [3.05, 3.63) is 27.9 Å². The van der Waals surface area contributed by atoms with Gasteiger partial charge in [-0.25, -0.2) is 4.98 Å².